The highest BCUT2D eigenvalue weighted by Crippen LogP contribution is 2.51. The van der Waals surface area contributed by atoms with Crippen LogP contribution in [-0.4, -0.2) is 23.1 Å². The number of hydrogen-bond acceptors (Lipinski definition) is 4. The van der Waals surface area contributed by atoms with Crippen LogP contribution in [0.25, 0.3) is 0 Å². The second kappa shape index (κ2) is 8.31. The Hall–Kier alpha value is -1.72. The molecule has 1 aliphatic carbocycles. The zero-order valence-electron chi connectivity index (χ0n) is 15.3. The van der Waals surface area contributed by atoms with E-state index in [-0.39, 0.29) is 10.8 Å². The molecule has 1 saturated carbocycles. The number of aromatic nitrogens is 2. The molecule has 2 atom stereocenters. The Morgan fingerprint density at radius 1 is 1.27 bits per heavy atom. The number of hydrogen-bond donors (Lipinski definition) is 1. The van der Waals surface area contributed by atoms with Crippen molar-refractivity contribution in [2.45, 2.75) is 45.4 Å². The van der Waals surface area contributed by atoms with Crippen LogP contribution in [0, 0.1) is 11.2 Å². The quantitative estimate of drug-likeness (QED) is 0.784. The van der Waals surface area contributed by atoms with E-state index in [0.717, 1.165) is 31.6 Å². The van der Waals surface area contributed by atoms with Gasteiger partial charge in [0.15, 0.2) is 5.75 Å². The Morgan fingerprint density at radius 3 is 2.85 bits per heavy atom. The summed E-state index contributed by atoms with van der Waals surface area (Å²) in [5.41, 5.74) is 1.33. The van der Waals surface area contributed by atoms with Crippen molar-refractivity contribution in [2.24, 2.45) is 5.41 Å². The lowest BCUT2D eigenvalue weighted by atomic mass is 9.84. The molecule has 26 heavy (non-hydrogen) atoms. The highest BCUT2D eigenvalue weighted by atomic mass is 35.5. The lowest BCUT2D eigenvalue weighted by molar-refractivity contribution is 0.329. The van der Waals surface area contributed by atoms with E-state index in [1.165, 1.54) is 31.0 Å². The molecule has 6 heteroatoms. The topological polar surface area (TPSA) is 47.0 Å². The summed E-state index contributed by atoms with van der Waals surface area (Å²) in [5, 5.41) is 3.72. The fraction of sp³-hybridized carbons (Fsp3) is 0.500. The Labute approximate surface area is 159 Å². The van der Waals surface area contributed by atoms with Gasteiger partial charge in [-0.2, -0.15) is 0 Å². The number of ether oxygens (including phenoxy) is 1. The number of benzene rings is 1. The largest absolute Gasteiger partial charge is 0.452 e. The minimum Gasteiger partial charge on any atom is -0.452 e. The van der Waals surface area contributed by atoms with E-state index in [4.69, 9.17) is 16.3 Å². The maximum Gasteiger partial charge on any atom is 0.167 e. The maximum absolute atomic E-state index is 13.2. The Balaban J connectivity index is 0.000000948. The molecule has 2 aliphatic rings. The number of nitrogens with zero attached hydrogens (tertiary/aromatic N) is 2. The molecule has 1 aliphatic heterocycles. The van der Waals surface area contributed by atoms with Crippen molar-refractivity contribution in [3.63, 3.8) is 0 Å². The van der Waals surface area contributed by atoms with Gasteiger partial charge in [0.05, 0.1) is 16.9 Å². The molecule has 0 radical (unpaired) electrons. The molecule has 0 amide bonds. The fourth-order valence-corrected chi connectivity index (χ4v) is 4.22. The van der Waals surface area contributed by atoms with Gasteiger partial charge in [-0.15, -0.1) is 0 Å². The standard InChI is InChI=1S/C18H19ClFN3O.C2H6/c19-14-7-13(20)1-2-15(14)24-16-9-22-11-23-17(16)12-3-4-18(8-12)5-6-21-10-18;1-2/h1-2,7,9,11-12,21H,3-6,8,10H2;1-2H3. The van der Waals surface area contributed by atoms with Gasteiger partial charge >= 0.3 is 0 Å². The molecule has 2 heterocycles. The normalized spacial score (nSPS) is 24.4. The molecular formula is C20H25ClFN3O. The van der Waals surface area contributed by atoms with Gasteiger partial charge in [-0.3, -0.25) is 0 Å². The van der Waals surface area contributed by atoms with Crippen LogP contribution in [0.15, 0.2) is 30.7 Å². The van der Waals surface area contributed by atoms with Gasteiger partial charge in [0.25, 0.3) is 0 Å². The number of nitrogens with one attached hydrogen (secondary N) is 1. The van der Waals surface area contributed by atoms with Crippen LogP contribution in [-0.2, 0) is 0 Å². The van der Waals surface area contributed by atoms with Gasteiger partial charge in [0.2, 0.25) is 0 Å². The van der Waals surface area contributed by atoms with E-state index in [9.17, 15) is 4.39 Å². The van der Waals surface area contributed by atoms with Crippen LogP contribution < -0.4 is 10.1 Å². The first-order valence-electron chi connectivity index (χ1n) is 9.29. The highest BCUT2D eigenvalue weighted by molar-refractivity contribution is 6.32. The minimum absolute atomic E-state index is 0.243. The Bertz CT molecular complexity index is 750. The summed E-state index contributed by atoms with van der Waals surface area (Å²) in [6.45, 7) is 6.19. The lowest BCUT2D eigenvalue weighted by Crippen LogP contribution is -2.20. The van der Waals surface area contributed by atoms with Gasteiger partial charge < -0.3 is 10.1 Å². The summed E-state index contributed by atoms with van der Waals surface area (Å²) in [5.74, 6) is 1.01. The van der Waals surface area contributed by atoms with E-state index in [1.807, 2.05) is 13.8 Å². The second-order valence-corrected chi connectivity index (χ2v) is 7.22. The third-order valence-electron chi connectivity index (χ3n) is 5.24. The highest BCUT2D eigenvalue weighted by Gasteiger charge is 2.42. The zero-order valence-corrected chi connectivity index (χ0v) is 16.0. The first-order valence-corrected chi connectivity index (χ1v) is 9.67. The summed E-state index contributed by atoms with van der Waals surface area (Å²) < 4.78 is 19.1. The molecule has 1 N–H and O–H groups in total. The fourth-order valence-electron chi connectivity index (χ4n) is 4.01. The summed E-state index contributed by atoms with van der Waals surface area (Å²) in [7, 11) is 0. The van der Waals surface area contributed by atoms with Crippen LogP contribution in [0.4, 0.5) is 4.39 Å². The summed E-state index contributed by atoms with van der Waals surface area (Å²) in [6.07, 6.45) is 7.89. The molecule has 2 aromatic rings. The van der Waals surface area contributed by atoms with E-state index in [1.54, 1.807) is 12.5 Å². The molecule has 2 unspecified atom stereocenters. The van der Waals surface area contributed by atoms with Crippen LogP contribution in [0.3, 0.4) is 0 Å². The SMILES string of the molecule is CC.Fc1ccc(Oc2cncnc2C2CCC3(CCNC3)C2)c(Cl)c1. The van der Waals surface area contributed by atoms with E-state index in [2.05, 4.69) is 15.3 Å². The monoisotopic (exact) mass is 377 g/mol. The van der Waals surface area contributed by atoms with Crippen molar-refractivity contribution in [1.82, 2.24) is 15.3 Å². The summed E-state index contributed by atoms with van der Waals surface area (Å²) in [4.78, 5) is 8.57. The summed E-state index contributed by atoms with van der Waals surface area (Å²) in [6, 6.07) is 4.11. The third-order valence-corrected chi connectivity index (χ3v) is 5.54. The second-order valence-electron chi connectivity index (χ2n) is 6.82. The maximum atomic E-state index is 13.2. The predicted molar refractivity (Wildman–Crippen MR) is 101 cm³/mol. The first-order chi connectivity index (χ1) is 12.7. The average molecular weight is 378 g/mol. The first kappa shape index (κ1) is 19.1. The van der Waals surface area contributed by atoms with Crippen molar-refractivity contribution < 1.29 is 9.13 Å². The van der Waals surface area contributed by atoms with Crippen molar-refractivity contribution in [1.29, 1.82) is 0 Å². The molecule has 140 valence electrons. The summed E-state index contributed by atoms with van der Waals surface area (Å²) >= 11 is 6.08. The smallest absolute Gasteiger partial charge is 0.167 e. The average Bonchev–Trinajstić information content (AvgIpc) is 3.30. The van der Waals surface area contributed by atoms with Crippen molar-refractivity contribution in [3.8, 4) is 11.5 Å². The van der Waals surface area contributed by atoms with E-state index >= 15 is 0 Å². The molecule has 2 fully saturated rings. The van der Waals surface area contributed by atoms with Crippen LogP contribution in [0.5, 0.6) is 11.5 Å². The molecule has 4 nitrogen and oxygen atoms in total. The van der Waals surface area contributed by atoms with Crippen molar-refractivity contribution >= 4 is 11.6 Å². The van der Waals surface area contributed by atoms with Gasteiger partial charge in [-0.05, 0) is 55.8 Å². The minimum atomic E-state index is -0.386. The molecule has 1 aromatic heterocycles. The molecule has 1 spiro atoms. The Morgan fingerprint density at radius 2 is 2.12 bits per heavy atom. The van der Waals surface area contributed by atoms with Crippen LogP contribution in [0.1, 0.15) is 51.1 Å². The van der Waals surface area contributed by atoms with Crippen LogP contribution >= 0.6 is 11.6 Å². The van der Waals surface area contributed by atoms with E-state index < -0.39 is 0 Å². The van der Waals surface area contributed by atoms with Crippen molar-refractivity contribution in [2.75, 3.05) is 13.1 Å². The Kier molecular flexibility index (Phi) is 6.09. The predicted octanol–water partition coefficient (Wildman–Crippen LogP) is 5.33. The molecule has 4 rings (SSSR count). The molecule has 0 bridgehead atoms. The van der Waals surface area contributed by atoms with Gasteiger partial charge in [-0.25, -0.2) is 14.4 Å². The third kappa shape index (κ3) is 3.99. The number of halogens is 2. The molecule has 1 saturated heterocycles. The van der Waals surface area contributed by atoms with E-state index in [0.29, 0.717) is 22.8 Å². The molecular weight excluding hydrogens is 353 g/mol. The van der Waals surface area contributed by atoms with Crippen molar-refractivity contribution in [3.05, 3.63) is 47.3 Å². The van der Waals surface area contributed by atoms with Crippen LogP contribution in [0.2, 0.25) is 5.02 Å². The van der Waals surface area contributed by atoms with Gasteiger partial charge in [-0.1, -0.05) is 25.4 Å². The van der Waals surface area contributed by atoms with Gasteiger partial charge in [0, 0.05) is 12.5 Å². The zero-order chi connectivity index (χ0) is 18.6. The van der Waals surface area contributed by atoms with Gasteiger partial charge in [0.1, 0.15) is 17.9 Å². The lowest BCUT2D eigenvalue weighted by Gasteiger charge is -2.22. The molecule has 1 aromatic carbocycles. The number of rotatable bonds is 3.